The summed E-state index contributed by atoms with van der Waals surface area (Å²) in [6.45, 7) is 9.25. The maximum absolute atomic E-state index is 12.6. The zero-order chi connectivity index (χ0) is 40.9. The smallest absolute Gasteiger partial charge is 0.303 e. The Balaban J connectivity index is 0.000000314. The maximum atomic E-state index is 12.6. The molecule has 1 amide bonds. The highest BCUT2D eigenvalue weighted by atomic mass is 35.5. The molecule has 4 rings (SSSR count). The van der Waals surface area contributed by atoms with Crippen molar-refractivity contribution in [2.24, 2.45) is 10.3 Å². The highest BCUT2D eigenvalue weighted by Gasteiger charge is 2.43. The van der Waals surface area contributed by atoms with E-state index in [0.29, 0.717) is 29.9 Å². The number of sulfone groups is 2. The molecule has 0 bridgehead atoms. The van der Waals surface area contributed by atoms with Gasteiger partial charge in [0.2, 0.25) is 20.0 Å². The number of nitrogens with zero attached hydrogens (tertiary/aromatic N) is 1. The number of thiophene rings is 2. The number of esters is 2. The molecule has 18 nitrogen and oxygen atoms in total. The Morgan fingerprint density at radius 2 is 1.26 bits per heavy atom. The number of halogens is 1. The third-order valence-electron chi connectivity index (χ3n) is 7.67. The monoisotopic (exact) mass is 884 g/mol. The van der Waals surface area contributed by atoms with Crippen LogP contribution in [-0.2, 0) is 68.4 Å². The van der Waals surface area contributed by atoms with Gasteiger partial charge in [-0.15, -0.1) is 22.7 Å². The molecule has 300 valence electrons. The van der Waals surface area contributed by atoms with Crippen LogP contribution in [0.4, 0.5) is 0 Å². The number of nitrogens with one attached hydrogen (secondary N) is 1. The summed E-state index contributed by atoms with van der Waals surface area (Å²) in [7, 11) is -15.1. The van der Waals surface area contributed by atoms with Gasteiger partial charge in [-0.05, 0) is 63.9 Å². The van der Waals surface area contributed by atoms with Gasteiger partial charge in [0.15, 0.2) is 32.9 Å². The van der Waals surface area contributed by atoms with Gasteiger partial charge in [0.05, 0.1) is 16.5 Å². The lowest BCUT2D eigenvalue weighted by Crippen LogP contribution is -2.42. The Bertz CT molecular complexity index is 2130. The number of primary sulfonamides is 2. The third kappa shape index (κ3) is 12.0. The van der Waals surface area contributed by atoms with Crippen molar-refractivity contribution < 1.29 is 62.3 Å². The summed E-state index contributed by atoms with van der Waals surface area (Å²) in [5.41, 5.74) is 0.754. The van der Waals surface area contributed by atoms with Crippen LogP contribution in [0.2, 0.25) is 0 Å². The summed E-state index contributed by atoms with van der Waals surface area (Å²) in [5, 5.41) is 11.4. The SMILES string of the molecule is CC(=O)OCC(=O)Cl.CCN(C(=O)COC(C)=O)[C@H]1C[C@H](C)S(=O)(=O)c2sc(S(N)(=O)=O)cc21.CCN[C@H]1C[C@H](C)S(=O)(=O)c2sc(S(N)(=O)=O)cc21. The van der Waals surface area contributed by atoms with E-state index >= 15 is 0 Å². The van der Waals surface area contributed by atoms with Crippen molar-refractivity contribution in [3.63, 3.8) is 0 Å². The Hall–Kier alpha value is -2.55. The van der Waals surface area contributed by atoms with Gasteiger partial charge in [0.1, 0.15) is 16.8 Å². The lowest BCUT2D eigenvalue weighted by Gasteiger charge is -2.35. The summed E-state index contributed by atoms with van der Waals surface area (Å²) in [4.78, 5) is 44.5. The van der Waals surface area contributed by atoms with Gasteiger partial charge in [-0.25, -0.2) is 43.9 Å². The number of likely N-dealkylation sites (N-methyl/N-ethyl adjacent to an activating group) is 1. The summed E-state index contributed by atoms with van der Waals surface area (Å²) >= 11 is 6.14. The molecule has 53 heavy (non-hydrogen) atoms. The van der Waals surface area contributed by atoms with Gasteiger partial charge in [-0.2, -0.15) is 0 Å². The lowest BCUT2D eigenvalue weighted by molar-refractivity contribution is -0.151. The van der Waals surface area contributed by atoms with Crippen LogP contribution < -0.4 is 15.6 Å². The third-order valence-corrected chi connectivity index (χ3v) is 18.4. The number of sulfonamides is 2. The molecule has 0 aromatic carbocycles. The normalized spacial score (nSPS) is 21.2. The van der Waals surface area contributed by atoms with Gasteiger partial charge in [0, 0.05) is 37.6 Å². The van der Waals surface area contributed by atoms with E-state index in [1.165, 1.54) is 37.8 Å². The first-order valence-electron chi connectivity index (χ1n) is 15.5. The molecule has 2 aromatic heterocycles. The van der Waals surface area contributed by atoms with Crippen molar-refractivity contribution in [2.75, 3.05) is 26.3 Å². The second-order valence-electron chi connectivity index (χ2n) is 11.6. The zero-order valence-corrected chi connectivity index (χ0v) is 35.0. The number of amides is 1. The number of fused-ring (bicyclic) bond motifs is 2. The van der Waals surface area contributed by atoms with E-state index in [-0.39, 0.29) is 48.0 Å². The molecule has 2 aliphatic heterocycles. The molecule has 4 heterocycles. The molecule has 0 aliphatic carbocycles. The number of nitrogens with two attached hydrogens (primary N) is 2. The van der Waals surface area contributed by atoms with E-state index in [9.17, 15) is 52.8 Å². The van der Waals surface area contributed by atoms with Crippen LogP contribution in [0.5, 0.6) is 0 Å². The van der Waals surface area contributed by atoms with E-state index in [2.05, 4.69) is 10.1 Å². The Morgan fingerprint density at radius 3 is 1.66 bits per heavy atom. The standard InChI is InChI=1S/C14H20N2O7S3.C10H16N2O4S3.C4H5ClO3/c1-4-16(12(18)7-23-9(3)17)11-5-8(2)25(19,20)14-10(11)6-13(24-14)26(15,21)22;1-3-12-8-4-6(2)18(13,14)10-7(8)5-9(17-10)19(11,15)16;1-3(6)8-2-4(5)7/h6,8,11H,4-5,7H2,1-3H3,(H2,15,21,22);5-6,8,12H,3-4H2,1-2H3,(H2,11,15,16);2H2,1H3/t8-,11-;6-,8-;/m00./s1. The van der Waals surface area contributed by atoms with Crippen LogP contribution in [-0.4, -0.2) is 98.5 Å². The van der Waals surface area contributed by atoms with Crippen molar-refractivity contribution in [1.29, 1.82) is 0 Å². The lowest BCUT2D eigenvalue weighted by atomic mass is 10.0. The Morgan fingerprint density at radius 1 is 0.830 bits per heavy atom. The topological polar surface area (TPSA) is 291 Å². The van der Waals surface area contributed by atoms with Crippen molar-refractivity contribution in [1.82, 2.24) is 10.2 Å². The quantitative estimate of drug-likeness (QED) is 0.224. The fourth-order valence-corrected chi connectivity index (χ4v) is 14.0. The van der Waals surface area contributed by atoms with E-state index in [1.807, 2.05) is 6.92 Å². The first kappa shape index (κ1) is 46.6. The number of rotatable bonds is 10. The first-order valence-corrected chi connectivity index (χ1v) is 23.7. The van der Waals surface area contributed by atoms with Gasteiger partial charge in [-0.1, -0.05) is 6.92 Å². The minimum Gasteiger partial charge on any atom is -0.456 e. The molecule has 0 radical (unpaired) electrons. The van der Waals surface area contributed by atoms with E-state index in [4.69, 9.17) is 26.6 Å². The molecule has 25 heteroatoms. The second-order valence-corrected chi connectivity index (χ2v) is 22.8. The highest BCUT2D eigenvalue weighted by Crippen LogP contribution is 2.45. The van der Waals surface area contributed by atoms with Crippen molar-refractivity contribution in [2.45, 2.75) is 93.8 Å². The fraction of sp³-hybridized carbons (Fsp3) is 0.571. The van der Waals surface area contributed by atoms with Crippen LogP contribution in [0.3, 0.4) is 0 Å². The average molecular weight is 886 g/mol. The minimum absolute atomic E-state index is 0.0935. The van der Waals surface area contributed by atoms with E-state index in [1.54, 1.807) is 13.8 Å². The number of hydrogen-bond acceptors (Lipinski definition) is 17. The molecule has 2 aromatic rings. The van der Waals surface area contributed by atoms with Crippen LogP contribution in [0.15, 0.2) is 29.0 Å². The fourth-order valence-electron chi connectivity index (χ4n) is 5.16. The van der Waals surface area contributed by atoms with E-state index in [0.717, 1.165) is 11.3 Å². The second kappa shape index (κ2) is 18.4. The molecule has 2 aliphatic rings. The van der Waals surface area contributed by atoms with Crippen molar-refractivity contribution in [3.05, 3.63) is 23.3 Å². The molecule has 4 atom stereocenters. The van der Waals surface area contributed by atoms with Crippen LogP contribution in [0.25, 0.3) is 0 Å². The summed E-state index contributed by atoms with van der Waals surface area (Å²) in [6.07, 6.45) is 0.541. The molecule has 5 N–H and O–H groups in total. The van der Waals surface area contributed by atoms with Crippen molar-refractivity contribution in [3.8, 4) is 0 Å². The molecule has 0 saturated carbocycles. The number of hydrogen-bond donors (Lipinski definition) is 3. The average Bonchev–Trinajstić information content (AvgIpc) is 3.70. The van der Waals surface area contributed by atoms with Gasteiger partial charge < -0.3 is 19.7 Å². The van der Waals surface area contributed by atoms with Crippen LogP contribution in [0.1, 0.15) is 77.6 Å². The van der Waals surface area contributed by atoms with E-state index < -0.39 is 86.0 Å². The number of carbonyl (C=O) groups is 4. The minimum atomic E-state index is -4.08. The summed E-state index contributed by atoms with van der Waals surface area (Å²) < 4.78 is 104. The molecule has 0 unspecified atom stereocenters. The highest BCUT2D eigenvalue weighted by molar-refractivity contribution is 7.96. The van der Waals surface area contributed by atoms with Crippen LogP contribution in [0, 0.1) is 0 Å². The van der Waals surface area contributed by atoms with Gasteiger partial charge >= 0.3 is 11.9 Å². The Labute approximate surface area is 321 Å². The predicted octanol–water partition coefficient (Wildman–Crippen LogP) is 1.34. The molecule has 0 saturated heterocycles. The van der Waals surface area contributed by atoms with Crippen molar-refractivity contribution >= 4 is 97.1 Å². The largest absolute Gasteiger partial charge is 0.456 e. The summed E-state index contributed by atoms with van der Waals surface area (Å²) in [5.74, 6) is -1.60. The molecule has 0 spiro atoms. The predicted molar refractivity (Wildman–Crippen MR) is 195 cm³/mol. The van der Waals surface area contributed by atoms with Gasteiger partial charge in [-0.3, -0.25) is 19.2 Å². The molecular weight excluding hydrogens is 844 g/mol. The van der Waals surface area contributed by atoms with Gasteiger partial charge in [0.25, 0.3) is 11.1 Å². The number of ether oxygens (including phenoxy) is 2. The van der Waals surface area contributed by atoms with Crippen LogP contribution >= 0.6 is 34.3 Å². The molecule has 0 fully saturated rings. The summed E-state index contributed by atoms with van der Waals surface area (Å²) in [6, 6.07) is 1.80. The number of carbonyl (C=O) groups excluding carboxylic acids is 4. The first-order chi connectivity index (χ1) is 24.2. The zero-order valence-electron chi connectivity index (χ0n) is 29.4. The molecular formula is C28H41ClN4O14S6. The maximum Gasteiger partial charge on any atom is 0.303 e. The Kier molecular flexibility index (Phi) is 16.2.